The van der Waals surface area contributed by atoms with E-state index < -0.39 is 6.10 Å². The summed E-state index contributed by atoms with van der Waals surface area (Å²) in [7, 11) is 1.58. The molecule has 1 rings (SSSR count). The summed E-state index contributed by atoms with van der Waals surface area (Å²) >= 11 is 0. The van der Waals surface area contributed by atoms with Crippen molar-refractivity contribution in [3.8, 4) is 11.5 Å². The molecular formula is C16H22O4. The number of methoxy groups -OCH3 is 1. The van der Waals surface area contributed by atoms with Crippen molar-refractivity contribution in [2.45, 2.75) is 26.9 Å². The van der Waals surface area contributed by atoms with Gasteiger partial charge in [0.2, 0.25) is 0 Å². The maximum Gasteiger partial charge on any atom is 0.303 e. The summed E-state index contributed by atoms with van der Waals surface area (Å²) in [5, 5.41) is 0. The van der Waals surface area contributed by atoms with Crippen molar-refractivity contribution in [3.63, 3.8) is 0 Å². The van der Waals surface area contributed by atoms with Crippen LogP contribution in [0.1, 0.15) is 32.4 Å². The topological polar surface area (TPSA) is 44.8 Å². The quantitative estimate of drug-likeness (QED) is 0.565. The fourth-order valence-electron chi connectivity index (χ4n) is 1.67. The van der Waals surface area contributed by atoms with E-state index in [1.54, 1.807) is 19.3 Å². The molecule has 20 heavy (non-hydrogen) atoms. The number of carbonyl (C=O) groups excluding carboxylic acids is 1. The lowest BCUT2D eigenvalue weighted by Gasteiger charge is -2.17. The molecule has 1 atom stereocenters. The van der Waals surface area contributed by atoms with Crippen molar-refractivity contribution in [3.05, 3.63) is 36.4 Å². The molecule has 0 saturated carbocycles. The van der Waals surface area contributed by atoms with Crippen molar-refractivity contribution in [2.75, 3.05) is 13.7 Å². The van der Waals surface area contributed by atoms with Gasteiger partial charge in [0.1, 0.15) is 6.10 Å². The number of rotatable bonds is 7. The fourth-order valence-corrected chi connectivity index (χ4v) is 1.67. The number of hydrogen-bond acceptors (Lipinski definition) is 4. The lowest BCUT2D eigenvalue weighted by Crippen LogP contribution is -2.08. The Morgan fingerprint density at radius 3 is 2.55 bits per heavy atom. The first-order valence-electron chi connectivity index (χ1n) is 6.58. The highest BCUT2D eigenvalue weighted by Gasteiger charge is 2.14. The molecule has 0 radical (unpaired) electrons. The van der Waals surface area contributed by atoms with E-state index in [1.807, 2.05) is 12.1 Å². The second-order valence-electron chi connectivity index (χ2n) is 4.88. The van der Waals surface area contributed by atoms with Crippen LogP contribution in [0.15, 0.2) is 30.9 Å². The molecular weight excluding hydrogens is 256 g/mol. The van der Waals surface area contributed by atoms with Crippen LogP contribution in [-0.2, 0) is 9.53 Å². The molecule has 0 heterocycles. The molecule has 0 fully saturated rings. The minimum Gasteiger partial charge on any atom is -0.493 e. The highest BCUT2D eigenvalue weighted by Crippen LogP contribution is 2.32. The SMILES string of the molecule is C=C[C@H](OC(C)=O)c1ccc(OCC(C)C)c(OC)c1. The average molecular weight is 278 g/mol. The van der Waals surface area contributed by atoms with Crippen molar-refractivity contribution >= 4 is 5.97 Å². The lowest BCUT2D eigenvalue weighted by molar-refractivity contribution is -0.144. The zero-order valence-electron chi connectivity index (χ0n) is 12.5. The van der Waals surface area contributed by atoms with E-state index in [1.165, 1.54) is 6.92 Å². The van der Waals surface area contributed by atoms with E-state index in [9.17, 15) is 4.79 Å². The summed E-state index contributed by atoms with van der Waals surface area (Å²) < 4.78 is 16.2. The average Bonchev–Trinajstić information content (AvgIpc) is 2.42. The highest BCUT2D eigenvalue weighted by atomic mass is 16.5. The monoisotopic (exact) mass is 278 g/mol. The summed E-state index contributed by atoms with van der Waals surface area (Å²) in [6.45, 7) is 9.82. The minimum atomic E-state index is -0.486. The maximum absolute atomic E-state index is 11.1. The number of benzene rings is 1. The van der Waals surface area contributed by atoms with E-state index in [0.717, 1.165) is 5.56 Å². The van der Waals surface area contributed by atoms with E-state index in [0.29, 0.717) is 24.0 Å². The molecule has 0 aliphatic rings. The van der Waals surface area contributed by atoms with Gasteiger partial charge < -0.3 is 14.2 Å². The third-order valence-electron chi connectivity index (χ3n) is 2.60. The normalized spacial score (nSPS) is 11.8. The Bertz CT molecular complexity index is 466. The summed E-state index contributed by atoms with van der Waals surface area (Å²) in [5.74, 6) is 1.37. The largest absolute Gasteiger partial charge is 0.493 e. The summed E-state index contributed by atoms with van der Waals surface area (Å²) in [6, 6.07) is 5.45. The van der Waals surface area contributed by atoms with Crippen LogP contribution < -0.4 is 9.47 Å². The van der Waals surface area contributed by atoms with Gasteiger partial charge in [0.25, 0.3) is 0 Å². The van der Waals surface area contributed by atoms with Crippen LogP contribution in [0, 0.1) is 5.92 Å². The van der Waals surface area contributed by atoms with Gasteiger partial charge in [-0.25, -0.2) is 0 Å². The third-order valence-corrected chi connectivity index (χ3v) is 2.60. The Morgan fingerprint density at radius 1 is 1.35 bits per heavy atom. The van der Waals surface area contributed by atoms with Gasteiger partial charge >= 0.3 is 5.97 Å². The van der Waals surface area contributed by atoms with E-state index in [-0.39, 0.29) is 5.97 Å². The molecule has 0 bridgehead atoms. The Balaban J connectivity index is 2.95. The highest BCUT2D eigenvalue weighted by molar-refractivity contribution is 5.66. The number of ether oxygens (including phenoxy) is 3. The maximum atomic E-state index is 11.1. The van der Waals surface area contributed by atoms with Crippen molar-refractivity contribution < 1.29 is 19.0 Å². The van der Waals surface area contributed by atoms with Gasteiger partial charge in [-0.05, 0) is 24.1 Å². The molecule has 1 aromatic carbocycles. The van der Waals surface area contributed by atoms with Gasteiger partial charge in [0.15, 0.2) is 11.5 Å². The molecule has 0 saturated heterocycles. The first-order chi connectivity index (χ1) is 9.47. The standard InChI is InChI=1S/C16H22O4/c1-6-14(20-12(4)17)13-7-8-15(16(9-13)18-5)19-10-11(2)3/h6-9,11,14H,1,10H2,2-5H3/t14-/m0/s1. The van der Waals surface area contributed by atoms with Crippen LogP contribution in [0.5, 0.6) is 11.5 Å². The molecule has 0 N–H and O–H groups in total. The van der Waals surface area contributed by atoms with Gasteiger partial charge in [-0.3, -0.25) is 4.79 Å². The molecule has 1 aromatic rings. The molecule has 0 aliphatic heterocycles. The van der Waals surface area contributed by atoms with Gasteiger partial charge in [-0.1, -0.05) is 26.5 Å². The molecule has 0 amide bonds. The van der Waals surface area contributed by atoms with Crippen LogP contribution in [-0.4, -0.2) is 19.7 Å². The molecule has 0 aliphatic carbocycles. The molecule has 0 unspecified atom stereocenters. The summed E-state index contributed by atoms with van der Waals surface area (Å²) in [5.41, 5.74) is 0.795. The number of hydrogen-bond donors (Lipinski definition) is 0. The van der Waals surface area contributed by atoms with Crippen LogP contribution in [0.2, 0.25) is 0 Å². The predicted octanol–water partition coefficient (Wildman–Crippen LogP) is 3.52. The summed E-state index contributed by atoms with van der Waals surface area (Å²) in [6.07, 6.45) is 1.09. The van der Waals surface area contributed by atoms with Crippen LogP contribution >= 0.6 is 0 Å². The molecule has 4 heteroatoms. The third kappa shape index (κ3) is 4.61. The fraction of sp³-hybridized carbons (Fsp3) is 0.438. The number of esters is 1. The Morgan fingerprint density at radius 2 is 2.05 bits per heavy atom. The van der Waals surface area contributed by atoms with E-state index in [2.05, 4.69) is 20.4 Å². The Kier molecular flexibility index (Phi) is 6.10. The predicted molar refractivity (Wildman–Crippen MR) is 78.0 cm³/mol. The zero-order chi connectivity index (χ0) is 15.1. The van der Waals surface area contributed by atoms with Crippen molar-refractivity contribution in [1.82, 2.24) is 0 Å². The van der Waals surface area contributed by atoms with Crippen LogP contribution in [0.25, 0.3) is 0 Å². The first kappa shape index (κ1) is 16.1. The molecule has 0 aromatic heterocycles. The minimum absolute atomic E-state index is 0.353. The van der Waals surface area contributed by atoms with Gasteiger partial charge in [0, 0.05) is 12.5 Å². The molecule has 4 nitrogen and oxygen atoms in total. The zero-order valence-corrected chi connectivity index (χ0v) is 12.5. The second kappa shape index (κ2) is 7.58. The van der Waals surface area contributed by atoms with Gasteiger partial charge in [-0.2, -0.15) is 0 Å². The smallest absolute Gasteiger partial charge is 0.303 e. The number of carbonyl (C=O) groups is 1. The van der Waals surface area contributed by atoms with Crippen molar-refractivity contribution in [2.24, 2.45) is 5.92 Å². The van der Waals surface area contributed by atoms with E-state index in [4.69, 9.17) is 14.2 Å². The van der Waals surface area contributed by atoms with Gasteiger partial charge in [0.05, 0.1) is 13.7 Å². The van der Waals surface area contributed by atoms with Gasteiger partial charge in [-0.15, -0.1) is 0 Å². The Hall–Kier alpha value is -1.97. The van der Waals surface area contributed by atoms with Crippen LogP contribution in [0.3, 0.4) is 0 Å². The summed E-state index contributed by atoms with van der Waals surface area (Å²) in [4.78, 5) is 11.1. The first-order valence-corrected chi connectivity index (χ1v) is 6.58. The lowest BCUT2D eigenvalue weighted by atomic mass is 10.1. The Labute approximate surface area is 120 Å². The molecule has 0 spiro atoms. The van der Waals surface area contributed by atoms with Crippen molar-refractivity contribution in [1.29, 1.82) is 0 Å². The van der Waals surface area contributed by atoms with E-state index >= 15 is 0 Å². The molecule has 110 valence electrons. The van der Waals surface area contributed by atoms with Crippen LogP contribution in [0.4, 0.5) is 0 Å². The second-order valence-corrected chi connectivity index (χ2v) is 4.88.